The Labute approximate surface area is 159 Å². The van der Waals surface area contributed by atoms with Gasteiger partial charge in [0.05, 0.1) is 23.4 Å². The number of hydrogen-bond acceptors (Lipinski definition) is 4. The molecule has 1 atom stereocenters. The van der Waals surface area contributed by atoms with Crippen molar-refractivity contribution in [1.29, 1.82) is 0 Å². The summed E-state index contributed by atoms with van der Waals surface area (Å²) in [6.07, 6.45) is 9.17. The van der Waals surface area contributed by atoms with E-state index in [4.69, 9.17) is 0 Å². The van der Waals surface area contributed by atoms with Crippen molar-refractivity contribution in [3.63, 3.8) is 0 Å². The maximum absolute atomic E-state index is 12.7. The first-order chi connectivity index (χ1) is 13.2. The molecule has 3 aromatic rings. The van der Waals surface area contributed by atoms with E-state index in [9.17, 15) is 4.79 Å². The van der Waals surface area contributed by atoms with Crippen LogP contribution in [0.1, 0.15) is 41.2 Å². The van der Waals surface area contributed by atoms with Gasteiger partial charge in [-0.15, -0.1) is 0 Å². The number of fused-ring (bicyclic) bond motifs is 1. The molecule has 1 fully saturated rings. The van der Waals surface area contributed by atoms with Crippen LogP contribution < -0.4 is 5.32 Å². The molecule has 0 unspecified atom stereocenters. The van der Waals surface area contributed by atoms with Crippen LogP contribution >= 0.6 is 0 Å². The molecule has 6 nitrogen and oxygen atoms in total. The van der Waals surface area contributed by atoms with Gasteiger partial charge in [-0.25, -0.2) is 4.98 Å². The predicted molar refractivity (Wildman–Crippen MR) is 105 cm³/mol. The Balaban J connectivity index is 1.49. The van der Waals surface area contributed by atoms with Crippen LogP contribution in [0.5, 0.6) is 0 Å². The normalized spacial score (nSPS) is 16.3. The topological polar surface area (TPSA) is 63.1 Å². The number of amides is 1. The molecule has 4 rings (SSSR count). The van der Waals surface area contributed by atoms with Gasteiger partial charge >= 0.3 is 0 Å². The van der Waals surface area contributed by atoms with E-state index >= 15 is 0 Å². The molecule has 2 aromatic heterocycles. The highest BCUT2D eigenvalue weighted by molar-refractivity contribution is 5.97. The molecule has 1 N–H and O–H groups in total. The largest absolute Gasteiger partial charge is 0.350 e. The van der Waals surface area contributed by atoms with Gasteiger partial charge in [-0.05, 0) is 55.8 Å². The zero-order valence-corrected chi connectivity index (χ0v) is 15.6. The number of likely N-dealkylation sites (tertiary alicyclic amines) is 1. The number of carbonyl (C=O) groups excluding carboxylic acids is 1. The van der Waals surface area contributed by atoms with Crippen molar-refractivity contribution in [3.05, 3.63) is 60.2 Å². The molecule has 0 bridgehead atoms. The molecule has 6 heteroatoms. The summed E-state index contributed by atoms with van der Waals surface area (Å²) in [7, 11) is 1.95. The number of benzene rings is 1. The summed E-state index contributed by atoms with van der Waals surface area (Å²) in [5, 5.41) is 3.12. The van der Waals surface area contributed by atoms with Gasteiger partial charge in [-0.1, -0.05) is 12.5 Å². The van der Waals surface area contributed by atoms with Crippen molar-refractivity contribution in [1.82, 2.24) is 24.8 Å². The Morgan fingerprint density at radius 2 is 2.07 bits per heavy atom. The smallest absolute Gasteiger partial charge is 0.251 e. The lowest BCUT2D eigenvalue weighted by Crippen LogP contribution is -2.40. The van der Waals surface area contributed by atoms with Gasteiger partial charge in [0, 0.05) is 31.5 Å². The number of carbonyl (C=O) groups is 1. The van der Waals surface area contributed by atoms with Crippen LogP contribution in [-0.2, 0) is 7.05 Å². The molecule has 1 saturated heterocycles. The second kappa shape index (κ2) is 7.88. The van der Waals surface area contributed by atoms with E-state index in [1.807, 2.05) is 42.1 Å². The lowest BCUT2D eigenvalue weighted by atomic mass is 10.0. The predicted octanol–water partition coefficient (Wildman–Crippen LogP) is 2.93. The van der Waals surface area contributed by atoms with Crippen LogP contribution in [0.25, 0.3) is 11.0 Å². The van der Waals surface area contributed by atoms with Crippen LogP contribution in [0.4, 0.5) is 0 Å². The van der Waals surface area contributed by atoms with Crippen LogP contribution in [0.3, 0.4) is 0 Å². The van der Waals surface area contributed by atoms with Crippen molar-refractivity contribution < 1.29 is 4.79 Å². The molecule has 0 saturated carbocycles. The Kier molecular flexibility index (Phi) is 5.16. The van der Waals surface area contributed by atoms with Gasteiger partial charge in [-0.2, -0.15) is 0 Å². The second-order valence-electron chi connectivity index (χ2n) is 7.17. The van der Waals surface area contributed by atoms with Crippen LogP contribution in [0, 0.1) is 0 Å². The SMILES string of the molecule is Cn1cnc2cc(C(=O)NC[C@@H](c3cccnc3)N3CCCCC3)ccc21. The minimum absolute atomic E-state index is 0.0616. The lowest BCUT2D eigenvalue weighted by molar-refractivity contribution is 0.0924. The van der Waals surface area contributed by atoms with Crippen molar-refractivity contribution in [2.45, 2.75) is 25.3 Å². The fraction of sp³-hybridized carbons (Fsp3) is 0.381. The number of nitrogens with one attached hydrogen (secondary N) is 1. The van der Waals surface area contributed by atoms with E-state index in [-0.39, 0.29) is 11.9 Å². The number of hydrogen-bond donors (Lipinski definition) is 1. The van der Waals surface area contributed by atoms with E-state index in [0.29, 0.717) is 12.1 Å². The van der Waals surface area contributed by atoms with E-state index in [0.717, 1.165) is 29.7 Å². The average molecular weight is 363 g/mol. The number of rotatable bonds is 5. The highest BCUT2D eigenvalue weighted by atomic mass is 16.1. The number of aryl methyl sites for hydroxylation is 1. The van der Waals surface area contributed by atoms with E-state index in [2.05, 4.69) is 26.3 Å². The highest BCUT2D eigenvalue weighted by Gasteiger charge is 2.23. The molecule has 27 heavy (non-hydrogen) atoms. The van der Waals surface area contributed by atoms with E-state index < -0.39 is 0 Å². The maximum Gasteiger partial charge on any atom is 0.251 e. The molecule has 0 aliphatic carbocycles. The summed E-state index contributed by atoms with van der Waals surface area (Å²) in [4.78, 5) is 23.8. The third-order valence-corrected chi connectivity index (χ3v) is 5.34. The van der Waals surface area contributed by atoms with Gasteiger partial charge in [0.15, 0.2) is 0 Å². The molecule has 140 valence electrons. The van der Waals surface area contributed by atoms with Crippen molar-refractivity contribution in [2.75, 3.05) is 19.6 Å². The molecular weight excluding hydrogens is 338 g/mol. The van der Waals surface area contributed by atoms with Gasteiger partial charge in [-0.3, -0.25) is 14.7 Å². The molecule has 3 heterocycles. The second-order valence-corrected chi connectivity index (χ2v) is 7.17. The monoisotopic (exact) mass is 363 g/mol. The minimum Gasteiger partial charge on any atom is -0.350 e. The fourth-order valence-corrected chi connectivity index (χ4v) is 3.83. The Hall–Kier alpha value is -2.73. The fourth-order valence-electron chi connectivity index (χ4n) is 3.83. The Bertz CT molecular complexity index is 915. The average Bonchev–Trinajstić information content (AvgIpc) is 3.10. The van der Waals surface area contributed by atoms with Crippen molar-refractivity contribution in [2.24, 2.45) is 7.05 Å². The number of nitrogens with zero attached hydrogens (tertiary/aromatic N) is 4. The first-order valence-corrected chi connectivity index (χ1v) is 9.55. The van der Waals surface area contributed by atoms with Gasteiger partial charge in [0.25, 0.3) is 5.91 Å². The van der Waals surface area contributed by atoms with Crippen LogP contribution in [0.15, 0.2) is 49.1 Å². The first kappa shape index (κ1) is 17.7. The Morgan fingerprint density at radius 1 is 1.22 bits per heavy atom. The zero-order valence-electron chi connectivity index (χ0n) is 15.6. The molecule has 0 spiro atoms. The standard InChI is InChI=1S/C21H25N5O/c1-25-15-24-18-12-16(7-8-19(18)25)21(27)23-14-20(17-6-5-9-22-13-17)26-10-3-2-4-11-26/h5-9,12-13,15,20H,2-4,10-11,14H2,1H3,(H,23,27)/t20-/m0/s1. The molecular formula is C21H25N5O. The summed E-state index contributed by atoms with van der Waals surface area (Å²) < 4.78 is 1.95. The third-order valence-electron chi connectivity index (χ3n) is 5.34. The van der Waals surface area contributed by atoms with Crippen LogP contribution in [-0.4, -0.2) is 45.0 Å². The van der Waals surface area contributed by atoms with Crippen LogP contribution in [0.2, 0.25) is 0 Å². The molecule has 0 radical (unpaired) electrons. The molecule has 1 aromatic carbocycles. The summed E-state index contributed by atoms with van der Waals surface area (Å²) in [5.74, 6) is -0.0616. The van der Waals surface area contributed by atoms with Crippen molar-refractivity contribution in [3.8, 4) is 0 Å². The van der Waals surface area contributed by atoms with Crippen molar-refractivity contribution >= 4 is 16.9 Å². The Morgan fingerprint density at radius 3 is 2.85 bits per heavy atom. The molecule has 1 aliphatic heterocycles. The highest BCUT2D eigenvalue weighted by Crippen LogP contribution is 2.23. The van der Waals surface area contributed by atoms with E-state index in [1.54, 1.807) is 12.5 Å². The minimum atomic E-state index is -0.0616. The first-order valence-electron chi connectivity index (χ1n) is 9.55. The molecule has 1 aliphatic rings. The quantitative estimate of drug-likeness (QED) is 0.757. The van der Waals surface area contributed by atoms with Gasteiger partial charge in [0.2, 0.25) is 0 Å². The van der Waals surface area contributed by atoms with Gasteiger partial charge < -0.3 is 9.88 Å². The lowest BCUT2D eigenvalue weighted by Gasteiger charge is -2.34. The number of pyridine rings is 1. The third kappa shape index (κ3) is 3.85. The number of piperidine rings is 1. The summed E-state index contributed by atoms with van der Waals surface area (Å²) in [6, 6.07) is 9.87. The summed E-state index contributed by atoms with van der Waals surface area (Å²) in [6.45, 7) is 2.70. The van der Waals surface area contributed by atoms with Gasteiger partial charge in [0.1, 0.15) is 0 Å². The summed E-state index contributed by atoms with van der Waals surface area (Å²) in [5.41, 5.74) is 3.66. The number of aromatic nitrogens is 3. The zero-order chi connectivity index (χ0) is 18.6. The summed E-state index contributed by atoms with van der Waals surface area (Å²) >= 11 is 0. The van der Waals surface area contributed by atoms with E-state index in [1.165, 1.54) is 19.3 Å². The number of imidazole rings is 1. The maximum atomic E-state index is 12.7. The molecule has 1 amide bonds.